The fourth-order valence-electron chi connectivity index (χ4n) is 4.29. The Hall–Kier alpha value is -1.88. The molecule has 0 saturated carbocycles. The molecular formula is C19H26N4O. The van der Waals surface area contributed by atoms with Crippen LogP contribution < -0.4 is 5.32 Å². The number of para-hydroxylation sites is 1. The Morgan fingerprint density at radius 1 is 1.12 bits per heavy atom. The largest absolute Gasteiger partial charge is 0.342 e. The van der Waals surface area contributed by atoms with E-state index >= 15 is 0 Å². The topological polar surface area (TPSA) is 50.2 Å². The summed E-state index contributed by atoms with van der Waals surface area (Å²) >= 11 is 0. The number of rotatable bonds is 4. The summed E-state index contributed by atoms with van der Waals surface area (Å²) < 4.78 is 2.06. The highest BCUT2D eigenvalue weighted by Crippen LogP contribution is 2.38. The third-order valence-electron chi connectivity index (χ3n) is 5.76. The predicted molar refractivity (Wildman–Crippen MR) is 94.7 cm³/mol. The molecule has 2 aromatic rings. The number of benzene rings is 1. The lowest BCUT2D eigenvalue weighted by atomic mass is 9.73. The number of nitrogens with zero attached hydrogens (tertiary/aromatic N) is 3. The van der Waals surface area contributed by atoms with Crippen molar-refractivity contribution in [1.82, 2.24) is 20.0 Å². The predicted octanol–water partition coefficient (Wildman–Crippen LogP) is 2.42. The third kappa shape index (κ3) is 3.05. The highest BCUT2D eigenvalue weighted by molar-refractivity contribution is 5.78. The number of aryl methyl sites for hydroxylation is 1. The summed E-state index contributed by atoms with van der Waals surface area (Å²) in [7, 11) is 0. The second-order valence-electron chi connectivity index (χ2n) is 7.35. The van der Waals surface area contributed by atoms with Crippen LogP contribution >= 0.6 is 0 Å². The molecule has 2 fully saturated rings. The van der Waals surface area contributed by atoms with E-state index in [-0.39, 0.29) is 0 Å². The molecule has 2 aliphatic heterocycles. The lowest BCUT2D eigenvalue weighted by molar-refractivity contribution is -0.138. The van der Waals surface area contributed by atoms with Gasteiger partial charge in [-0.2, -0.15) is 5.10 Å². The number of carbonyl (C=O) groups excluding carboxylic acids is 1. The third-order valence-corrected chi connectivity index (χ3v) is 5.76. The molecule has 2 aliphatic rings. The smallest absolute Gasteiger partial charge is 0.222 e. The van der Waals surface area contributed by atoms with Gasteiger partial charge in [0.05, 0.1) is 11.7 Å². The molecule has 1 amide bonds. The maximum Gasteiger partial charge on any atom is 0.222 e. The number of fused-ring (bicyclic) bond motifs is 1. The van der Waals surface area contributed by atoms with E-state index in [1.807, 2.05) is 12.3 Å². The summed E-state index contributed by atoms with van der Waals surface area (Å²) in [6.07, 6.45) is 7.11. The van der Waals surface area contributed by atoms with Gasteiger partial charge in [-0.05, 0) is 50.3 Å². The fourth-order valence-corrected chi connectivity index (χ4v) is 4.29. The van der Waals surface area contributed by atoms with Crippen LogP contribution in [0.4, 0.5) is 0 Å². The summed E-state index contributed by atoms with van der Waals surface area (Å²) in [6, 6.07) is 8.29. The first-order chi connectivity index (χ1) is 11.8. The fraction of sp³-hybridized carbons (Fsp3) is 0.579. The summed E-state index contributed by atoms with van der Waals surface area (Å²) in [5.41, 5.74) is 1.55. The molecule has 1 aromatic heterocycles. The Morgan fingerprint density at radius 2 is 1.96 bits per heavy atom. The SMILES string of the molecule is O=C1CCC2(CCNCC2)CN1CCCn1ncc2ccccc21. The Bertz CT molecular complexity index is 717. The van der Waals surface area contributed by atoms with Crippen LogP contribution in [0.2, 0.25) is 0 Å². The molecule has 0 aliphatic carbocycles. The Balaban J connectivity index is 1.37. The van der Waals surface area contributed by atoms with Crippen LogP contribution in [-0.4, -0.2) is 46.8 Å². The van der Waals surface area contributed by atoms with E-state index in [1.54, 1.807) is 0 Å². The van der Waals surface area contributed by atoms with E-state index in [4.69, 9.17) is 0 Å². The lowest BCUT2D eigenvalue weighted by Crippen LogP contribution is -2.50. The molecule has 1 aromatic carbocycles. The van der Waals surface area contributed by atoms with Crippen molar-refractivity contribution >= 4 is 16.8 Å². The minimum Gasteiger partial charge on any atom is -0.342 e. The first-order valence-electron chi connectivity index (χ1n) is 9.15. The van der Waals surface area contributed by atoms with E-state index in [2.05, 4.69) is 38.2 Å². The van der Waals surface area contributed by atoms with Crippen molar-refractivity contribution in [2.24, 2.45) is 5.41 Å². The van der Waals surface area contributed by atoms with Crippen molar-refractivity contribution < 1.29 is 4.79 Å². The van der Waals surface area contributed by atoms with Crippen LogP contribution in [0, 0.1) is 5.41 Å². The van der Waals surface area contributed by atoms with Crippen LogP contribution in [-0.2, 0) is 11.3 Å². The highest BCUT2D eigenvalue weighted by Gasteiger charge is 2.39. The molecule has 128 valence electrons. The number of likely N-dealkylation sites (tertiary alicyclic amines) is 1. The van der Waals surface area contributed by atoms with Gasteiger partial charge >= 0.3 is 0 Å². The highest BCUT2D eigenvalue weighted by atomic mass is 16.2. The van der Waals surface area contributed by atoms with Gasteiger partial charge in [0.1, 0.15) is 0 Å². The van der Waals surface area contributed by atoms with Crippen molar-refractivity contribution in [2.45, 2.75) is 38.6 Å². The molecule has 2 saturated heterocycles. The number of nitrogens with one attached hydrogen (secondary N) is 1. The average Bonchev–Trinajstić information content (AvgIpc) is 3.02. The number of hydrogen-bond acceptors (Lipinski definition) is 3. The first kappa shape index (κ1) is 15.6. The van der Waals surface area contributed by atoms with Crippen LogP contribution in [0.25, 0.3) is 10.9 Å². The molecule has 0 bridgehead atoms. The van der Waals surface area contributed by atoms with Crippen molar-refractivity contribution in [2.75, 3.05) is 26.2 Å². The van der Waals surface area contributed by atoms with E-state index in [1.165, 1.54) is 23.7 Å². The van der Waals surface area contributed by atoms with Crippen LogP contribution in [0.5, 0.6) is 0 Å². The zero-order valence-corrected chi connectivity index (χ0v) is 14.2. The zero-order chi connectivity index (χ0) is 16.4. The maximum absolute atomic E-state index is 12.3. The van der Waals surface area contributed by atoms with Crippen LogP contribution in [0.1, 0.15) is 32.1 Å². The molecule has 1 spiro atoms. The number of hydrogen-bond donors (Lipinski definition) is 1. The Morgan fingerprint density at radius 3 is 2.83 bits per heavy atom. The minimum atomic E-state index is 0.337. The summed E-state index contributed by atoms with van der Waals surface area (Å²) in [5.74, 6) is 0.337. The number of piperidine rings is 2. The molecular weight excluding hydrogens is 300 g/mol. The van der Waals surface area contributed by atoms with Gasteiger partial charge in [0, 0.05) is 31.4 Å². The summed E-state index contributed by atoms with van der Waals surface area (Å²) in [5, 5.41) is 9.11. The quantitative estimate of drug-likeness (QED) is 0.939. The van der Waals surface area contributed by atoms with Gasteiger partial charge in [-0.15, -0.1) is 0 Å². The molecule has 24 heavy (non-hydrogen) atoms. The van der Waals surface area contributed by atoms with Gasteiger partial charge in [0.15, 0.2) is 0 Å². The van der Waals surface area contributed by atoms with Crippen molar-refractivity contribution in [3.63, 3.8) is 0 Å². The van der Waals surface area contributed by atoms with Gasteiger partial charge in [-0.25, -0.2) is 0 Å². The van der Waals surface area contributed by atoms with E-state index in [0.29, 0.717) is 11.3 Å². The van der Waals surface area contributed by atoms with Crippen molar-refractivity contribution in [1.29, 1.82) is 0 Å². The monoisotopic (exact) mass is 326 g/mol. The first-order valence-corrected chi connectivity index (χ1v) is 9.15. The lowest BCUT2D eigenvalue weighted by Gasteiger charge is -2.45. The summed E-state index contributed by atoms with van der Waals surface area (Å²) in [4.78, 5) is 14.4. The van der Waals surface area contributed by atoms with Crippen molar-refractivity contribution in [3.05, 3.63) is 30.5 Å². The maximum atomic E-state index is 12.3. The van der Waals surface area contributed by atoms with Crippen LogP contribution in [0.15, 0.2) is 30.5 Å². The molecule has 0 radical (unpaired) electrons. The molecule has 3 heterocycles. The number of amides is 1. The van der Waals surface area contributed by atoms with E-state index in [0.717, 1.165) is 52.0 Å². The second-order valence-corrected chi connectivity index (χ2v) is 7.35. The van der Waals surface area contributed by atoms with Gasteiger partial charge < -0.3 is 10.2 Å². The number of aromatic nitrogens is 2. The second kappa shape index (κ2) is 6.55. The van der Waals surface area contributed by atoms with Crippen LogP contribution in [0.3, 0.4) is 0 Å². The van der Waals surface area contributed by atoms with Gasteiger partial charge in [0.25, 0.3) is 0 Å². The van der Waals surface area contributed by atoms with Crippen molar-refractivity contribution in [3.8, 4) is 0 Å². The van der Waals surface area contributed by atoms with Gasteiger partial charge in [-0.1, -0.05) is 18.2 Å². The molecule has 0 unspecified atom stereocenters. The van der Waals surface area contributed by atoms with E-state index < -0.39 is 0 Å². The Kier molecular flexibility index (Phi) is 4.27. The molecule has 1 N–H and O–H groups in total. The van der Waals surface area contributed by atoms with Gasteiger partial charge in [-0.3, -0.25) is 9.48 Å². The molecule has 5 heteroatoms. The number of carbonyl (C=O) groups is 1. The Labute approximate surface area is 143 Å². The van der Waals surface area contributed by atoms with E-state index in [9.17, 15) is 4.79 Å². The molecule has 5 nitrogen and oxygen atoms in total. The molecule has 4 rings (SSSR count). The summed E-state index contributed by atoms with van der Waals surface area (Å²) in [6.45, 7) is 4.87. The minimum absolute atomic E-state index is 0.337. The molecule has 0 atom stereocenters. The normalized spacial score (nSPS) is 20.8. The zero-order valence-electron chi connectivity index (χ0n) is 14.2. The standard InChI is InChI=1S/C19H26N4O/c24-18-6-7-19(8-10-20-11-9-19)15-22(18)12-3-13-23-17-5-2-1-4-16(17)14-21-23/h1-2,4-5,14,20H,3,6-13,15H2. The average molecular weight is 326 g/mol. The van der Waals surface area contributed by atoms with Gasteiger partial charge in [0.2, 0.25) is 5.91 Å².